The Morgan fingerprint density at radius 3 is 2.35 bits per heavy atom. The molecule has 0 fully saturated rings. The summed E-state index contributed by atoms with van der Waals surface area (Å²) in [5.74, 6) is 0.681. The van der Waals surface area contributed by atoms with E-state index in [2.05, 4.69) is 43.4 Å². The molecule has 1 amide bonds. The highest BCUT2D eigenvalue weighted by molar-refractivity contribution is 6.00. The van der Waals surface area contributed by atoms with Gasteiger partial charge in [0.2, 0.25) is 5.91 Å². The highest BCUT2D eigenvalue weighted by Crippen LogP contribution is 2.33. The lowest BCUT2D eigenvalue weighted by Crippen LogP contribution is -2.23. The molecule has 1 atom stereocenters. The van der Waals surface area contributed by atoms with Gasteiger partial charge < -0.3 is 10.1 Å². The molecule has 190 valence electrons. The first-order chi connectivity index (χ1) is 17.9. The van der Waals surface area contributed by atoms with E-state index in [1.54, 1.807) is 0 Å². The molecule has 4 aromatic rings. The van der Waals surface area contributed by atoms with Crippen molar-refractivity contribution in [3.63, 3.8) is 0 Å². The molecule has 0 aliphatic rings. The highest BCUT2D eigenvalue weighted by Gasteiger charge is 2.25. The number of fused-ring (bicyclic) bond motifs is 1. The Morgan fingerprint density at radius 1 is 0.865 bits per heavy atom. The van der Waals surface area contributed by atoms with Crippen molar-refractivity contribution >= 4 is 28.7 Å². The fourth-order valence-electron chi connectivity index (χ4n) is 4.81. The minimum Gasteiger partial charge on any atom is -0.491 e. The molecule has 0 spiro atoms. The number of benzene rings is 4. The number of ether oxygens (including phenoxy) is 1. The van der Waals surface area contributed by atoms with E-state index < -0.39 is 0 Å². The molecule has 4 nitrogen and oxygen atoms in total. The molecule has 0 saturated heterocycles. The van der Waals surface area contributed by atoms with Gasteiger partial charge in [-0.2, -0.15) is 0 Å². The molecule has 4 aromatic carbocycles. The van der Waals surface area contributed by atoms with Crippen molar-refractivity contribution in [1.29, 1.82) is 0 Å². The second-order valence-corrected chi connectivity index (χ2v) is 10.2. The third-order valence-corrected chi connectivity index (χ3v) is 6.50. The lowest BCUT2D eigenvalue weighted by molar-refractivity contribution is -0.117. The van der Waals surface area contributed by atoms with Crippen LogP contribution >= 0.6 is 0 Å². The van der Waals surface area contributed by atoms with Crippen molar-refractivity contribution in [3.8, 4) is 5.75 Å². The minimum atomic E-state index is -0.309. The van der Waals surface area contributed by atoms with E-state index in [9.17, 15) is 9.59 Å². The monoisotopic (exact) mass is 493 g/mol. The van der Waals surface area contributed by atoms with Gasteiger partial charge in [-0.1, -0.05) is 86.6 Å². The first kappa shape index (κ1) is 26.2. The Labute approximate surface area is 219 Å². The van der Waals surface area contributed by atoms with E-state index >= 15 is 0 Å². The number of rotatable bonds is 10. The summed E-state index contributed by atoms with van der Waals surface area (Å²) < 4.78 is 5.95. The van der Waals surface area contributed by atoms with Crippen molar-refractivity contribution in [1.82, 2.24) is 0 Å². The molecule has 0 bridgehead atoms. The van der Waals surface area contributed by atoms with Crippen molar-refractivity contribution in [3.05, 3.63) is 107 Å². The van der Waals surface area contributed by atoms with Gasteiger partial charge in [-0.3, -0.25) is 9.59 Å². The number of hydrogen-bond donors (Lipinski definition) is 1. The molecule has 0 saturated carbocycles. The third-order valence-electron chi connectivity index (χ3n) is 6.50. The molecule has 37 heavy (non-hydrogen) atoms. The first-order valence-corrected chi connectivity index (χ1v) is 13.0. The van der Waals surface area contributed by atoms with Crippen LogP contribution in [0.15, 0.2) is 84.9 Å². The maximum absolute atomic E-state index is 13.9. The van der Waals surface area contributed by atoms with Crippen molar-refractivity contribution < 1.29 is 14.3 Å². The van der Waals surface area contributed by atoms with E-state index in [-0.39, 0.29) is 17.9 Å². The second-order valence-electron chi connectivity index (χ2n) is 10.2. The molecule has 4 heteroatoms. The van der Waals surface area contributed by atoms with Gasteiger partial charge >= 0.3 is 0 Å². The molecule has 4 rings (SSSR count). The predicted octanol–water partition coefficient (Wildman–Crippen LogP) is 7.80. The van der Waals surface area contributed by atoms with Crippen LogP contribution in [-0.4, -0.2) is 18.3 Å². The standard InChI is InChI=1S/C33H35NO3/c1-22(2)18-31(30-15-9-13-24-10-7-8-14-29(24)30)33(36)34-32-20-28(37-23(3)4)17-16-26(32)19-25-11-5-6-12-27(25)21-35/h5-17,20-23,31H,18-19H2,1-4H3,(H,34,36). The minimum absolute atomic E-state index is 0.00886. The zero-order chi connectivity index (χ0) is 26.4. The first-order valence-electron chi connectivity index (χ1n) is 13.0. The van der Waals surface area contributed by atoms with Crippen LogP contribution in [0.4, 0.5) is 5.69 Å². The summed E-state index contributed by atoms with van der Waals surface area (Å²) in [7, 11) is 0. The van der Waals surface area contributed by atoms with Gasteiger partial charge in [0.05, 0.1) is 12.0 Å². The zero-order valence-electron chi connectivity index (χ0n) is 22.0. The Balaban J connectivity index is 1.73. The summed E-state index contributed by atoms with van der Waals surface area (Å²) in [5, 5.41) is 5.47. The molecular weight excluding hydrogens is 458 g/mol. The average molecular weight is 494 g/mol. The maximum atomic E-state index is 13.9. The van der Waals surface area contributed by atoms with E-state index in [1.807, 2.05) is 74.5 Å². The molecule has 0 radical (unpaired) electrons. The van der Waals surface area contributed by atoms with Gasteiger partial charge in [-0.25, -0.2) is 0 Å². The fraction of sp³-hybridized carbons (Fsp3) is 0.273. The summed E-state index contributed by atoms with van der Waals surface area (Å²) in [5.41, 5.74) is 4.23. The normalized spacial score (nSPS) is 12.1. The highest BCUT2D eigenvalue weighted by atomic mass is 16.5. The van der Waals surface area contributed by atoms with Gasteiger partial charge in [0.25, 0.3) is 0 Å². The number of anilines is 1. The molecule has 0 heterocycles. The molecule has 0 aromatic heterocycles. The quantitative estimate of drug-likeness (QED) is 0.229. The largest absolute Gasteiger partial charge is 0.491 e. The Kier molecular flexibility index (Phi) is 8.39. The number of nitrogens with one attached hydrogen (secondary N) is 1. The number of amides is 1. The van der Waals surface area contributed by atoms with Crippen LogP contribution in [0.2, 0.25) is 0 Å². The van der Waals surface area contributed by atoms with Crippen LogP contribution in [0.3, 0.4) is 0 Å². The fourth-order valence-corrected chi connectivity index (χ4v) is 4.81. The van der Waals surface area contributed by atoms with Gasteiger partial charge in [0, 0.05) is 23.7 Å². The van der Waals surface area contributed by atoms with Crippen LogP contribution in [0, 0.1) is 5.92 Å². The number of carbonyl (C=O) groups is 2. The molecule has 0 aliphatic carbocycles. The number of carbonyl (C=O) groups excluding carboxylic acids is 2. The van der Waals surface area contributed by atoms with Crippen LogP contribution < -0.4 is 10.1 Å². The SMILES string of the molecule is CC(C)CC(C(=O)Nc1cc(OC(C)C)ccc1Cc1ccccc1C=O)c1cccc2ccccc12. The second kappa shape index (κ2) is 11.9. The molecule has 1 N–H and O–H groups in total. The van der Waals surface area contributed by atoms with Gasteiger partial charge in [0.1, 0.15) is 12.0 Å². The van der Waals surface area contributed by atoms with Crippen molar-refractivity contribution in [2.75, 3.05) is 5.32 Å². The van der Waals surface area contributed by atoms with Crippen LogP contribution in [0.5, 0.6) is 5.75 Å². The van der Waals surface area contributed by atoms with Gasteiger partial charge in [-0.05, 0) is 59.7 Å². The Hall–Kier alpha value is -3.92. The maximum Gasteiger partial charge on any atom is 0.231 e. The van der Waals surface area contributed by atoms with Crippen LogP contribution in [0.1, 0.15) is 67.1 Å². The molecule has 1 unspecified atom stereocenters. The van der Waals surface area contributed by atoms with E-state index in [0.29, 0.717) is 29.3 Å². The lowest BCUT2D eigenvalue weighted by atomic mass is 9.86. The predicted molar refractivity (Wildman–Crippen MR) is 152 cm³/mol. The van der Waals surface area contributed by atoms with Crippen LogP contribution in [-0.2, 0) is 11.2 Å². The average Bonchev–Trinajstić information content (AvgIpc) is 2.88. The summed E-state index contributed by atoms with van der Waals surface area (Å²) >= 11 is 0. The topological polar surface area (TPSA) is 55.4 Å². The lowest BCUT2D eigenvalue weighted by Gasteiger charge is -2.22. The smallest absolute Gasteiger partial charge is 0.231 e. The number of aldehydes is 1. The summed E-state index contributed by atoms with van der Waals surface area (Å²) in [6.07, 6.45) is 2.14. The third kappa shape index (κ3) is 6.45. The van der Waals surface area contributed by atoms with E-state index in [0.717, 1.165) is 40.2 Å². The molecule has 0 aliphatic heterocycles. The zero-order valence-corrected chi connectivity index (χ0v) is 22.0. The van der Waals surface area contributed by atoms with Crippen LogP contribution in [0.25, 0.3) is 10.8 Å². The van der Waals surface area contributed by atoms with Gasteiger partial charge in [0.15, 0.2) is 0 Å². The van der Waals surface area contributed by atoms with E-state index in [1.165, 1.54) is 0 Å². The number of hydrogen-bond acceptors (Lipinski definition) is 3. The Bertz CT molecular complexity index is 1380. The Morgan fingerprint density at radius 2 is 1.59 bits per heavy atom. The van der Waals surface area contributed by atoms with E-state index in [4.69, 9.17) is 4.74 Å². The van der Waals surface area contributed by atoms with Gasteiger partial charge in [-0.15, -0.1) is 0 Å². The molecular formula is C33H35NO3. The summed E-state index contributed by atoms with van der Waals surface area (Å²) in [6, 6.07) is 27.7. The van der Waals surface area contributed by atoms with Crippen molar-refractivity contribution in [2.24, 2.45) is 5.92 Å². The van der Waals surface area contributed by atoms with Crippen molar-refractivity contribution in [2.45, 2.75) is 52.6 Å². The summed E-state index contributed by atoms with van der Waals surface area (Å²) in [6.45, 7) is 8.24. The summed E-state index contributed by atoms with van der Waals surface area (Å²) in [4.78, 5) is 25.6.